The number of carbonyl (C=O) groups is 1. The van der Waals surface area contributed by atoms with Gasteiger partial charge in [-0.05, 0) is 43.9 Å². The van der Waals surface area contributed by atoms with Gasteiger partial charge in [0.05, 0.1) is 18.3 Å². The summed E-state index contributed by atoms with van der Waals surface area (Å²) in [6.45, 7) is 9.97. The lowest BCUT2D eigenvalue weighted by atomic mass is 10.0. The van der Waals surface area contributed by atoms with Crippen molar-refractivity contribution in [2.24, 2.45) is 5.92 Å². The normalized spacial score (nSPS) is 21.1. The summed E-state index contributed by atoms with van der Waals surface area (Å²) < 4.78 is 0. The summed E-state index contributed by atoms with van der Waals surface area (Å²) in [5.41, 5.74) is 2.21. The number of amides is 1. The Morgan fingerprint density at radius 1 is 1.30 bits per heavy atom. The number of hydrogen-bond donors (Lipinski definition) is 1. The summed E-state index contributed by atoms with van der Waals surface area (Å²) in [4.78, 5) is 21.7. The number of nitrogens with zero attached hydrogens (tertiary/aromatic N) is 3. The number of piperazine rings is 1. The van der Waals surface area contributed by atoms with Crippen molar-refractivity contribution in [1.82, 2.24) is 20.1 Å². The van der Waals surface area contributed by atoms with E-state index in [9.17, 15) is 4.79 Å². The average molecular weight is 316 g/mol. The zero-order valence-electron chi connectivity index (χ0n) is 14.3. The Morgan fingerprint density at radius 2 is 2.00 bits per heavy atom. The summed E-state index contributed by atoms with van der Waals surface area (Å²) in [7, 11) is 0. The van der Waals surface area contributed by atoms with Gasteiger partial charge in [0, 0.05) is 32.4 Å². The molecule has 1 atom stereocenters. The van der Waals surface area contributed by atoms with Gasteiger partial charge in [0.2, 0.25) is 5.91 Å². The molecule has 1 saturated heterocycles. The molecule has 0 spiro atoms. The van der Waals surface area contributed by atoms with E-state index >= 15 is 0 Å². The van der Waals surface area contributed by atoms with Crippen LogP contribution in [0.25, 0.3) is 0 Å². The summed E-state index contributed by atoms with van der Waals surface area (Å²) in [6, 6.07) is 4.12. The monoisotopic (exact) mass is 316 g/mol. The summed E-state index contributed by atoms with van der Waals surface area (Å²) in [5.74, 6) is 0.696. The van der Waals surface area contributed by atoms with Crippen LogP contribution >= 0.6 is 0 Å². The van der Waals surface area contributed by atoms with Crippen LogP contribution in [0, 0.1) is 12.8 Å². The number of carbonyl (C=O) groups excluding carboxylic acids is 1. The molecule has 126 valence electrons. The molecule has 1 N–H and O–H groups in total. The zero-order valence-corrected chi connectivity index (χ0v) is 14.3. The number of nitrogens with one attached hydrogen (secondary N) is 1. The van der Waals surface area contributed by atoms with E-state index in [1.165, 1.54) is 18.4 Å². The SMILES string of the molecule is CCN1CCN(CC(=O)NC(c2ncccc2C)C2CC2)CC1. The molecule has 2 fully saturated rings. The maximum atomic E-state index is 12.5. The number of likely N-dealkylation sites (N-methyl/N-ethyl adjacent to an activating group) is 1. The average Bonchev–Trinajstić information content (AvgIpc) is 3.39. The highest BCUT2D eigenvalue weighted by molar-refractivity contribution is 5.78. The molecule has 5 heteroatoms. The van der Waals surface area contributed by atoms with E-state index in [4.69, 9.17) is 0 Å². The topological polar surface area (TPSA) is 48.5 Å². The molecule has 1 amide bonds. The smallest absolute Gasteiger partial charge is 0.234 e. The predicted octanol–water partition coefficient (Wildman–Crippen LogP) is 1.59. The highest BCUT2D eigenvalue weighted by atomic mass is 16.2. The van der Waals surface area contributed by atoms with Gasteiger partial charge in [-0.15, -0.1) is 0 Å². The first-order chi connectivity index (χ1) is 11.2. The molecule has 5 nitrogen and oxygen atoms in total. The lowest BCUT2D eigenvalue weighted by Gasteiger charge is -2.33. The van der Waals surface area contributed by atoms with Gasteiger partial charge >= 0.3 is 0 Å². The lowest BCUT2D eigenvalue weighted by molar-refractivity contribution is -0.123. The summed E-state index contributed by atoms with van der Waals surface area (Å²) in [6.07, 6.45) is 4.21. The molecular formula is C18H28N4O. The van der Waals surface area contributed by atoms with Crippen LogP contribution < -0.4 is 5.32 Å². The third-order valence-corrected chi connectivity index (χ3v) is 5.03. The molecule has 1 saturated carbocycles. The molecule has 0 radical (unpaired) electrons. The van der Waals surface area contributed by atoms with Crippen molar-refractivity contribution in [3.05, 3.63) is 29.6 Å². The van der Waals surface area contributed by atoms with Crippen LogP contribution in [-0.4, -0.2) is 60.0 Å². The molecule has 1 aromatic heterocycles. The fourth-order valence-electron chi connectivity index (χ4n) is 3.35. The van der Waals surface area contributed by atoms with E-state index in [0.29, 0.717) is 12.5 Å². The molecule has 1 aliphatic carbocycles. The van der Waals surface area contributed by atoms with Gasteiger partial charge < -0.3 is 10.2 Å². The van der Waals surface area contributed by atoms with E-state index in [0.717, 1.165) is 38.4 Å². The number of pyridine rings is 1. The van der Waals surface area contributed by atoms with Gasteiger partial charge in [0.15, 0.2) is 0 Å². The van der Waals surface area contributed by atoms with Crippen molar-refractivity contribution in [2.75, 3.05) is 39.3 Å². The first kappa shape index (κ1) is 16.4. The van der Waals surface area contributed by atoms with Gasteiger partial charge in [0.25, 0.3) is 0 Å². The lowest BCUT2D eigenvalue weighted by Crippen LogP contribution is -2.49. The molecule has 3 rings (SSSR count). The third kappa shape index (κ3) is 4.30. The number of hydrogen-bond acceptors (Lipinski definition) is 4. The Balaban J connectivity index is 1.56. The van der Waals surface area contributed by atoms with Crippen molar-refractivity contribution in [2.45, 2.75) is 32.7 Å². The molecule has 0 bridgehead atoms. The predicted molar refractivity (Wildman–Crippen MR) is 91.1 cm³/mol. The van der Waals surface area contributed by atoms with E-state index < -0.39 is 0 Å². The largest absolute Gasteiger partial charge is 0.346 e. The van der Waals surface area contributed by atoms with Gasteiger partial charge in [0.1, 0.15) is 0 Å². The van der Waals surface area contributed by atoms with Crippen LogP contribution in [0.5, 0.6) is 0 Å². The standard InChI is InChI=1S/C18H28N4O/c1-3-21-9-11-22(12-10-21)13-16(23)20-18(15-6-7-15)17-14(2)5-4-8-19-17/h4-5,8,15,18H,3,6-7,9-13H2,1-2H3,(H,20,23). The van der Waals surface area contributed by atoms with E-state index in [1.807, 2.05) is 12.3 Å². The fourth-order valence-corrected chi connectivity index (χ4v) is 3.35. The second kappa shape index (κ2) is 7.41. The van der Waals surface area contributed by atoms with E-state index in [2.05, 4.69) is 40.0 Å². The van der Waals surface area contributed by atoms with Crippen LogP contribution in [0.2, 0.25) is 0 Å². The number of aromatic nitrogens is 1. The van der Waals surface area contributed by atoms with Gasteiger partial charge in [-0.3, -0.25) is 14.7 Å². The highest BCUT2D eigenvalue weighted by Crippen LogP contribution is 2.41. The second-order valence-corrected chi connectivity index (χ2v) is 6.80. The van der Waals surface area contributed by atoms with Gasteiger partial charge in [-0.2, -0.15) is 0 Å². The molecule has 23 heavy (non-hydrogen) atoms. The zero-order chi connectivity index (χ0) is 16.2. The van der Waals surface area contributed by atoms with E-state index in [1.54, 1.807) is 0 Å². The second-order valence-electron chi connectivity index (χ2n) is 6.80. The molecule has 1 aliphatic heterocycles. The minimum Gasteiger partial charge on any atom is -0.346 e. The van der Waals surface area contributed by atoms with Crippen LogP contribution in [0.4, 0.5) is 0 Å². The number of aryl methyl sites for hydroxylation is 1. The van der Waals surface area contributed by atoms with Crippen LogP contribution in [-0.2, 0) is 4.79 Å². The maximum Gasteiger partial charge on any atom is 0.234 e. The Hall–Kier alpha value is -1.46. The first-order valence-corrected chi connectivity index (χ1v) is 8.83. The molecule has 2 aliphatic rings. The van der Waals surface area contributed by atoms with E-state index in [-0.39, 0.29) is 11.9 Å². The molecular weight excluding hydrogens is 288 g/mol. The quantitative estimate of drug-likeness (QED) is 0.866. The van der Waals surface area contributed by atoms with Crippen molar-refractivity contribution in [1.29, 1.82) is 0 Å². The van der Waals surface area contributed by atoms with Gasteiger partial charge in [-0.25, -0.2) is 0 Å². The Morgan fingerprint density at radius 3 is 2.61 bits per heavy atom. The fraction of sp³-hybridized carbons (Fsp3) is 0.667. The Bertz CT molecular complexity index is 536. The van der Waals surface area contributed by atoms with Crippen molar-refractivity contribution in [3.63, 3.8) is 0 Å². The van der Waals surface area contributed by atoms with Crippen molar-refractivity contribution in [3.8, 4) is 0 Å². The Labute approximate surface area is 139 Å². The van der Waals surface area contributed by atoms with Crippen LogP contribution in [0.3, 0.4) is 0 Å². The molecule has 0 aromatic carbocycles. The van der Waals surface area contributed by atoms with Crippen LogP contribution in [0.15, 0.2) is 18.3 Å². The molecule has 1 aromatic rings. The van der Waals surface area contributed by atoms with Gasteiger partial charge in [-0.1, -0.05) is 13.0 Å². The van der Waals surface area contributed by atoms with Crippen LogP contribution in [0.1, 0.15) is 37.1 Å². The summed E-state index contributed by atoms with van der Waals surface area (Å²) >= 11 is 0. The molecule has 2 heterocycles. The van der Waals surface area contributed by atoms with Crippen molar-refractivity contribution >= 4 is 5.91 Å². The third-order valence-electron chi connectivity index (χ3n) is 5.03. The number of rotatable bonds is 6. The highest BCUT2D eigenvalue weighted by Gasteiger charge is 2.35. The molecule has 1 unspecified atom stereocenters. The maximum absolute atomic E-state index is 12.5. The Kier molecular flexibility index (Phi) is 5.28. The first-order valence-electron chi connectivity index (χ1n) is 8.83. The van der Waals surface area contributed by atoms with Crippen molar-refractivity contribution < 1.29 is 4.79 Å². The summed E-state index contributed by atoms with van der Waals surface area (Å²) in [5, 5.41) is 3.25. The minimum absolute atomic E-state index is 0.0839. The minimum atomic E-state index is 0.0839.